The second-order valence-corrected chi connectivity index (χ2v) is 7.27. The van der Waals surface area contributed by atoms with Crippen molar-refractivity contribution < 1.29 is 8.78 Å². The van der Waals surface area contributed by atoms with Gasteiger partial charge in [0, 0.05) is 23.5 Å². The van der Waals surface area contributed by atoms with E-state index in [1.165, 1.54) is 24.3 Å². The molecule has 8 heteroatoms. The predicted octanol–water partition coefficient (Wildman–Crippen LogP) is 4.44. The van der Waals surface area contributed by atoms with Crippen molar-refractivity contribution in [3.63, 3.8) is 0 Å². The number of nitrogens with zero attached hydrogens (tertiary/aromatic N) is 6. The van der Waals surface area contributed by atoms with Gasteiger partial charge >= 0.3 is 0 Å². The van der Waals surface area contributed by atoms with Crippen molar-refractivity contribution in [1.82, 2.24) is 9.47 Å². The number of guanidine groups is 2. The summed E-state index contributed by atoms with van der Waals surface area (Å²) in [5.41, 5.74) is 3.55. The Labute approximate surface area is 181 Å². The van der Waals surface area contributed by atoms with Crippen molar-refractivity contribution in [2.75, 3.05) is 0 Å². The lowest BCUT2D eigenvalue weighted by molar-refractivity contribution is 0.627. The van der Waals surface area contributed by atoms with Gasteiger partial charge in [-0.05, 0) is 72.8 Å². The van der Waals surface area contributed by atoms with E-state index >= 15 is 0 Å². The molecule has 0 bridgehead atoms. The molecule has 0 spiro atoms. The molecule has 6 nitrogen and oxygen atoms in total. The van der Waals surface area contributed by atoms with E-state index in [4.69, 9.17) is 9.98 Å². The Balaban J connectivity index is 1.53. The first-order chi connectivity index (χ1) is 15.6. The molecule has 3 aliphatic heterocycles. The number of rotatable bonds is 2. The number of aliphatic imine (C=N–C) groups is 4. The Morgan fingerprint density at radius 1 is 0.594 bits per heavy atom. The van der Waals surface area contributed by atoms with Gasteiger partial charge in [-0.1, -0.05) is 0 Å². The van der Waals surface area contributed by atoms with Crippen LogP contribution in [0.4, 0.5) is 8.78 Å². The fourth-order valence-corrected chi connectivity index (χ4v) is 3.63. The lowest BCUT2D eigenvalue weighted by Crippen LogP contribution is -2.42. The van der Waals surface area contributed by atoms with Gasteiger partial charge < -0.3 is 0 Å². The van der Waals surface area contributed by atoms with Crippen LogP contribution in [0.2, 0.25) is 0 Å². The number of allylic oxidation sites excluding steroid dienone is 2. The van der Waals surface area contributed by atoms with Crippen LogP contribution >= 0.6 is 0 Å². The summed E-state index contributed by atoms with van der Waals surface area (Å²) in [6.07, 6.45) is 7.42. The zero-order valence-electron chi connectivity index (χ0n) is 16.5. The number of aromatic nitrogens is 1. The van der Waals surface area contributed by atoms with Crippen molar-refractivity contribution in [1.29, 1.82) is 0 Å². The Morgan fingerprint density at radius 3 is 1.88 bits per heavy atom. The van der Waals surface area contributed by atoms with Crippen LogP contribution in [0, 0.1) is 11.6 Å². The normalized spacial score (nSPS) is 16.9. The minimum Gasteiger partial charge on any atom is -0.293 e. The van der Waals surface area contributed by atoms with E-state index < -0.39 is 0 Å². The Hall–Kier alpha value is -4.46. The zero-order chi connectivity index (χ0) is 21.7. The molecular formula is C24H14F2N6. The van der Waals surface area contributed by atoms with Gasteiger partial charge in [-0.15, -0.1) is 0 Å². The third-order valence-corrected chi connectivity index (χ3v) is 5.18. The maximum atomic E-state index is 13.4. The average Bonchev–Trinajstić information content (AvgIpc) is 3.35. The molecule has 0 aliphatic carbocycles. The first kappa shape index (κ1) is 18.3. The number of benzene rings is 2. The Bertz CT molecular complexity index is 1360. The molecule has 0 N–H and O–H groups in total. The van der Waals surface area contributed by atoms with E-state index in [0.29, 0.717) is 29.3 Å². The fourth-order valence-electron chi connectivity index (χ4n) is 3.63. The van der Waals surface area contributed by atoms with Crippen LogP contribution in [-0.4, -0.2) is 33.1 Å². The highest BCUT2D eigenvalue weighted by Gasteiger charge is 2.33. The van der Waals surface area contributed by atoms with Gasteiger partial charge in [0.15, 0.2) is 0 Å². The Morgan fingerprint density at radius 2 is 1.19 bits per heavy atom. The molecule has 3 aromatic rings. The van der Waals surface area contributed by atoms with Gasteiger partial charge in [0.25, 0.3) is 0 Å². The van der Waals surface area contributed by atoms with E-state index in [1.54, 1.807) is 33.7 Å². The highest BCUT2D eigenvalue weighted by atomic mass is 19.1. The molecule has 0 amide bonds. The molecule has 154 valence electrons. The van der Waals surface area contributed by atoms with E-state index in [9.17, 15) is 8.78 Å². The van der Waals surface area contributed by atoms with Gasteiger partial charge in [0.1, 0.15) is 11.6 Å². The molecule has 0 fully saturated rings. The fraction of sp³-hybridized carbons (Fsp3) is 0. The molecule has 0 atom stereocenters. The smallest absolute Gasteiger partial charge is 0.240 e. The molecule has 4 heterocycles. The number of hydrogen-bond acceptors (Lipinski definition) is 5. The minimum absolute atomic E-state index is 0.318. The van der Waals surface area contributed by atoms with E-state index in [-0.39, 0.29) is 11.6 Å². The summed E-state index contributed by atoms with van der Waals surface area (Å²) in [6.45, 7) is 0. The largest absolute Gasteiger partial charge is 0.293 e. The summed E-state index contributed by atoms with van der Waals surface area (Å²) >= 11 is 0. The third kappa shape index (κ3) is 3.09. The highest BCUT2D eigenvalue weighted by molar-refractivity contribution is 6.24. The molecule has 2 aromatic carbocycles. The number of halogens is 2. The first-order valence-corrected chi connectivity index (χ1v) is 9.88. The van der Waals surface area contributed by atoms with E-state index in [0.717, 1.165) is 16.8 Å². The van der Waals surface area contributed by atoms with Gasteiger partial charge in [0.2, 0.25) is 17.9 Å². The molecule has 6 rings (SSSR count). The molecule has 1 aromatic heterocycles. The standard InChI is InChI=1S/C24H14F2N6/c25-17-7-3-15(4-8-17)20-13-19-14-21(16-5-9-18(26)10-6-16)28-24-30-22(31-11-1-2-12-31)29-23(27-20)32(19)24/h1-14H. The number of hydrogen-bond donors (Lipinski definition) is 0. The third-order valence-electron chi connectivity index (χ3n) is 5.18. The van der Waals surface area contributed by atoms with Crippen LogP contribution in [0.5, 0.6) is 0 Å². The van der Waals surface area contributed by atoms with Gasteiger partial charge in [-0.25, -0.2) is 23.7 Å². The van der Waals surface area contributed by atoms with Crippen LogP contribution in [0.15, 0.2) is 111 Å². The monoisotopic (exact) mass is 424 g/mol. The van der Waals surface area contributed by atoms with Crippen LogP contribution in [0.25, 0.3) is 5.70 Å². The average molecular weight is 424 g/mol. The summed E-state index contributed by atoms with van der Waals surface area (Å²) in [6, 6.07) is 16.0. The molecule has 32 heavy (non-hydrogen) atoms. The SMILES string of the molecule is Fc1ccc(C2=CC3=CC(c4ccc(F)cc4)=NC4=NC(n5cccc5)=NC(=N2)N34)cc1. The summed E-state index contributed by atoms with van der Waals surface area (Å²) in [5.74, 6) is 0.607. The highest BCUT2D eigenvalue weighted by Crippen LogP contribution is 2.31. The lowest BCUT2D eigenvalue weighted by Gasteiger charge is -2.32. The summed E-state index contributed by atoms with van der Waals surface area (Å²) in [5, 5.41) is 0. The maximum Gasteiger partial charge on any atom is 0.240 e. The van der Waals surface area contributed by atoms with E-state index in [2.05, 4.69) is 9.98 Å². The second kappa shape index (κ2) is 7.05. The molecular weight excluding hydrogens is 410 g/mol. The lowest BCUT2D eigenvalue weighted by atomic mass is 10.0. The quantitative estimate of drug-likeness (QED) is 0.600. The van der Waals surface area contributed by atoms with Gasteiger partial charge in [-0.3, -0.25) is 4.57 Å². The predicted molar refractivity (Wildman–Crippen MR) is 119 cm³/mol. The van der Waals surface area contributed by atoms with Crippen molar-refractivity contribution in [3.05, 3.63) is 114 Å². The zero-order valence-corrected chi connectivity index (χ0v) is 16.5. The van der Waals surface area contributed by atoms with Crippen molar-refractivity contribution in [3.8, 4) is 0 Å². The maximum absolute atomic E-state index is 13.4. The molecule has 0 saturated heterocycles. The second-order valence-electron chi connectivity index (χ2n) is 7.27. The van der Waals surface area contributed by atoms with Gasteiger partial charge in [0.05, 0.1) is 17.1 Å². The van der Waals surface area contributed by atoms with Crippen LogP contribution in [0.3, 0.4) is 0 Å². The summed E-state index contributed by atoms with van der Waals surface area (Å²) < 4.78 is 28.7. The summed E-state index contributed by atoms with van der Waals surface area (Å²) in [7, 11) is 0. The summed E-state index contributed by atoms with van der Waals surface area (Å²) in [4.78, 5) is 20.4. The van der Waals surface area contributed by atoms with Crippen molar-refractivity contribution in [2.45, 2.75) is 0 Å². The topological polar surface area (TPSA) is 57.6 Å². The van der Waals surface area contributed by atoms with Crippen LogP contribution in [-0.2, 0) is 0 Å². The molecule has 3 aliphatic rings. The molecule has 0 saturated carbocycles. The molecule has 0 radical (unpaired) electrons. The van der Waals surface area contributed by atoms with Gasteiger partial charge in [-0.2, -0.15) is 9.98 Å². The van der Waals surface area contributed by atoms with E-state index in [1.807, 2.05) is 36.7 Å². The Kier molecular flexibility index (Phi) is 4.04. The van der Waals surface area contributed by atoms with Crippen LogP contribution < -0.4 is 0 Å². The van der Waals surface area contributed by atoms with Crippen molar-refractivity contribution in [2.24, 2.45) is 20.0 Å². The van der Waals surface area contributed by atoms with Crippen LogP contribution in [0.1, 0.15) is 11.1 Å². The molecule has 0 unspecified atom stereocenters. The minimum atomic E-state index is -0.318. The van der Waals surface area contributed by atoms with Crippen molar-refractivity contribution >= 4 is 29.3 Å². The first-order valence-electron chi connectivity index (χ1n) is 9.88.